The van der Waals surface area contributed by atoms with Gasteiger partial charge >= 0.3 is 0 Å². The van der Waals surface area contributed by atoms with Crippen LogP contribution >= 0.6 is 0 Å². The van der Waals surface area contributed by atoms with E-state index in [0.29, 0.717) is 13.2 Å². The highest BCUT2D eigenvalue weighted by atomic mass is 16.7. The summed E-state index contributed by atoms with van der Waals surface area (Å²) in [5.74, 6) is -1.24. The maximum Gasteiger partial charge on any atom is 0.292 e. The number of ether oxygens (including phenoxy) is 2. The molecule has 0 aromatic heterocycles. The van der Waals surface area contributed by atoms with E-state index in [4.69, 9.17) is 9.47 Å². The molecular weight excluding hydrogens is 278 g/mol. The molecule has 0 unspecified atom stereocenters. The summed E-state index contributed by atoms with van der Waals surface area (Å²) in [5, 5.41) is 0. The highest BCUT2D eigenvalue weighted by Crippen LogP contribution is 2.46. The van der Waals surface area contributed by atoms with Crippen molar-refractivity contribution in [3.05, 3.63) is 29.3 Å². The van der Waals surface area contributed by atoms with Gasteiger partial charge in [-0.2, -0.15) is 0 Å². The fourth-order valence-electron chi connectivity index (χ4n) is 3.40. The summed E-state index contributed by atoms with van der Waals surface area (Å²) < 4.78 is 11.7. The number of aryl methyl sites for hydroxylation is 1. The third-order valence-electron chi connectivity index (χ3n) is 4.52. The van der Waals surface area contributed by atoms with E-state index in [2.05, 4.69) is 6.92 Å². The Morgan fingerprint density at radius 1 is 1.18 bits per heavy atom. The Labute approximate surface area is 132 Å². The lowest BCUT2D eigenvalue weighted by Gasteiger charge is -2.32. The second-order valence-electron chi connectivity index (χ2n) is 6.16. The first kappa shape index (κ1) is 15.5. The fourth-order valence-corrected chi connectivity index (χ4v) is 3.40. The van der Waals surface area contributed by atoms with Gasteiger partial charge in [-0.25, -0.2) is 0 Å². The van der Waals surface area contributed by atoms with Gasteiger partial charge in [0.05, 0.1) is 18.9 Å². The van der Waals surface area contributed by atoms with Gasteiger partial charge in [0.15, 0.2) is 0 Å². The number of hydrogen-bond acceptors (Lipinski definition) is 3. The maximum absolute atomic E-state index is 13.0. The van der Waals surface area contributed by atoms with Crippen molar-refractivity contribution in [3.63, 3.8) is 0 Å². The summed E-state index contributed by atoms with van der Waals surface area (Å²) >= 11 is 0. The molecule has 120 valence electrons. The van der Waals surface area contributed by atoms with Crippen LogP contribution in [0.3, 0.4) is 0 Å². The topological polar surface area (TPSA) is 38.8 Å². The molecule has 1 saturated heterocycles. The second kappa shape index (κ2) is 6.39. The first-order valence-corrected chi connectivity index (χ1v) is 8.40. The molecule has 4 heteroatoms. The normalized spacial score (nSPS) is 19.7. The van der Waals surface area contributed by atoms with Gasteiger partial charge in [-0.1, -0.05) is 44.4 Å². The van der Waals surface area contributed by atoms with E-state index < -0.39 is 5.79 Å². The number of nitrogens with zero attached hydrogens (tertiary/aromatic N) is 1. The SMILES string of the molecule is CCCCCCN1C(=O)C2(OCCCO2)c2cccc(C)c21. The van der Waals surface area contributed by atoms with E-state index in [1.165, 1.54) is 12.8 Å². The largest absolute Gasteiger partial charge is 0.338 e. The third kappa shape index (κ3) is 2.44. The highest BCUT2D eigenvalue weighted by Gasteiger charge is 2.55. The molecule has 0 aliphatic carbocycles. The van der Waals surface area contributed by atoms with Gasteiger partial charge in [0, 0.05) is 12.1 Å². The molecule has 22 heavy (non-hydrogen) atoms. The van der Waals surface area contributed by atoms with E-state index in [0.717, 1.165) is 42.6 Å². The van der Waals surface area contributed by atoms with Crippen LogP contribution in [0.4, 0.5) is 5.69 Å². The van der Waals surface area contributed by atoms with Crippen LogP contribution in [0, 0.1) is 6.92 Å². The molecule has 4 nitrogen and oxygen atoms in total. The van der Waals surface area contributed by atoms with Crippen molar-refractivity contribution in [2.45, 2.75) is 51.7 Å². The first-order valence-electron chi connectivity index (χ1n) is 8.40. The lowest BCUT2D eigenvalue weighted by Crippen LogP contribution is -2.47. The zero-order valence-electron chi connectivity index (χ0n) is 13.6. The van der Waals surface area contributed by atoms with Crippen LogP contribution in [0.15, 0.2) is 18.2 Å². The Bertz CT molecular complexity index is 549. The van der Waals surface area contributed by atoms with Gasteiger partial charge in [-0.05, 0) is 25.3 Å². The quantitative estimate of drug-likeness (QED) is 0.781. The number of amides is 1. The lowest BCUT2D eigenvalue weighted by molar-refractivity contribution is -0.256. The second-order valence-corrected chi connectivity index (χ2v) is 6.16. The van der Waals surface area contributed by atoms with Gasteiger partial charge in [-0.15, -0.1) is 0 Å². The van der Waals surface area contributed by atoms with Crippen LogP contribution in [-0.2, 0) is 20.1 Å². The van der Waals surface area contributed by atoms with Crippen LogP contribution in [0.25, 0.3) is 0 Å². The van der Waals surface area contributed by atoms with E-state index in [1.807, 2.05) is 30.0 Å². The smallest absolute Gasteiger partial charge is 0.292 e. The predicted octanol–water partition coefficient (Wildman–Crippen LogP) is 3.51. The van der Waals surface area contributed by atoms with Gasteiger partial charge in [0.25, 0.3) is 11.7 Å². The van der Waals surface area contributed by atoms with Crippen molar-refractivity contribution in [1.29, 1.82) is 0 Å². The number of rotatable bonds is 5. The van der Waals surface area contributed by atoms with Crippen molar-refractivity contribution >= 4 is 11.6 Å². The fraction of sp³-hybridized carbons (Fsp3) is 0.611. The number of fused-ring (bicyclic) bond motifs is 2. The van der Waals surface area contributed by atoms with Crippen molar-refractivity contribution in [2.24, 2.45) is 0 Å². The van der Waals surface area contributed by atoms with E-state index in [-0.39, 0.29) is 5.91 Å². The standard InChI is InChI=1S/C18H25NO3/c1-3-4-5-6-11-19-16-14(2)9-7-10-15(16)18(17(19)20)21-12-8-13-22-18/h7,9-10H,3-6,8,11-13H2,1-2H3. The Morgan fingerprint density at radius 3 is 2.68 bits per heavy atom. The van der Waals surface area contributed by atoms with Gasteiger partial charge < -0.3 is 14.4 Å². The molecule has 1 aromatic carbocycles. The minimum Gasteiger partial charge on any atom is -0.338 e. The third-order valence-corrected chi connectivity index (χ3v) is 4.52. The summed E-state index contributed by atoms with van der Waals surface area (Å²) in [5.41, 5.74) is 2.98. The van der Waals surface area contributed by atoms with Gasteiger partial charge in [-0.3, -0.25) is 4.79 Å². The highest BCUT2D eigenvalue weighted by molar-refractivity contribution is 6.06. The minimum absolute atomic E-state index is 0.0481. The number of benzene rings is 1. The molecule has 1 spiro atoms. The molecule has 0 N–H and O–H groups in total. The van der Waals surface area contributed by atoms with Crippen LogP contribution in [0.1, 0.15) is 50.2 Å². The molecular formula is C18H25NO3. The van der Waals surface area contributed by atoms with Gasteiger partial charge in [0.1, 0.15) is 0 Å². The summed E-state index contributed by atoms with van der Waals surface area (Å²) in [7, 11) is 0. The lowest BCUT2D eigenvalue weighted by atomic mass is 10.0. The Hall–Kier alpha value is -1.39. The van der Waals surface area contributed by atoms with Crippen molar-refractivity contribution in [2.75, 3.05) is 24.7 Å². The summed E-state index contributed by atoms with van der Waals surface area (Å²) in [6.45, 7) is 6.13. The average molecular weight is 303 g/mol. The molecule has 2 heterocycles. The number of hydrogen-bond donors (Lipinski definition) is 0. The molecule has 3 rings (SSSR count). The first-order chi connectivity index (χ1) is 10.7. The Morgan fingerprint density at radius 2 is 1.95 bits per heavy atom. The molecule has 2 aliphatic rings. The zero-order valence-corrected chi connectivity index (χ0v) is 13.6. The predicted molar refractivity (Wildman–Crippen MR) is 85.9 cm³/mol. The molecule has 0 bridgehead atoms. The number of carbonyl (C=O) groups is 1. The molecule has 1 aromatic rings. The Balaban J connectivity index is 1.91. The number of anilines is 1. The molecule has 0 atom stereocenters. The van der Waals surface area contributed by atoms with Crippen LogP contribution in [-0.4, -0.2) is 25.7 Å². The van der Waals surface area contributed by atoms with E-state index >= 15 is 0 Å². The van der Waals surface area contributed by atoms with Crippen molar-refractivity contribution in [3.8, 4) is 0 Å². The summed E-state index contributed by atoms with van der Waals surface area (Å²) in [6.07, 6.45) is 5.41. The average Bonchev–Trinajstić information content (AvgIpc) is 2.76. The van der Waals surface area contributed by atoms with Crippen LogP contribution in [0.2, 0.25) is 0 Å². The van der Waals surface area contributed by atoms with Crippen LogP contribution in [0.5, 0.6) is 0 Å². The number of carbonyl (C=O) groups excluding carboxylic acids is 1. The van der Waals surface area contributed by atoms with E-state index in [9.17, 15) is 4.79 Å². The monoisotopic (exact) mass is 303 g/mol. The van der Waals surface area contributed by atoms with Crippen molar-refractivity contribution in [1.82, 2.24) is 0 Å². The molecule has 2 aliphatic heterocycles. The molecule has 0 radical (unpaired) electrons. The number of unbranched alkanes of at least 4 members (excludes halogenated alkanes) is 3. The maximum atomic E-state index is 13.0. The summed E-state index contributed by atoms with van der Waals surface area (Å²) in [4.78, 5) is 14.9. The molecule has 1 amide bonds. The number of para-hydroxylation sites is 1. The molecule has 0 saturated carbocycles. The van der Waals surface area contributed by atoms with E-state index in [1.54, 1.807) is 0 Å². The van der Waals surface area contributed by atoms with Crippen molar-refractivity contribution < 1.29 is 14.3 Å². The minimum atomic E-state index is -1.19. The van der Waals surface area contributed by atoms with Gasteiger partial charge in [0.2, 0.25) is 0 Å². The zero-order chi connectivity index (χ0) is 15.6. The van der Waals surface area contributed by atoms with Crippen LogP contribution < -0.4 is 4.90 Å². The Kier molecular flexibility index (Phi) is 4.50. The summed E-state index contributed by atoms with van der Waals surface area (Å²) in [6, 6.07) is 6.00. The molecule has 1 fully saturated rings.